The van der Waals surface area contributed by atoms with E-state index in [1.165, 1.54) is 11.3 Å². The van der Waals surface area contributed by atoms with Crippen LogP contribution in [0.2, 0.25) is 0 Å². The van der Waals surface area contributed by atoms with E-state index in [0.29, 0.717) is 24.0 Å². The van der Waals surface area contributed by atoms with Crippen molar-refractivity contribution < 1.29 is 13.9 Å². The molecule has 0 saturated carbocycles. The minimum atomic E-state index is -0.534. The molecule has 0 radical (unpaired) electrons. The minimum Gasteiger partial charge on any atom is -0.456 e. The third-order valence-electron chi connectivity index (χ3n) is 2.08. The topological polar surface area (TPSA) is 78.4 Å². The van der Waals surface area contributed by atoms with Gasteiger partial charge in [-0.3, -0.25) is 4.79 Å². The fourth-order valence-corrected chi connectivity index (χ4v) is 2.04. The largest absolute Gasteiger partial charge is 0.456 e. The number of primary amides is 1. The van der Waals surface area contributed by atoms with Gasteiger partial charge in [0.1, 0.15) is 18.1 Å². The first-order valence-corrected chi connectivity index (χ1v) is 6.01. The minimum absolute atomic E-state index is 0.257. The Morgan fingerprint density at radius 2 is 2.41 bits per heavy atom. The van der Waals surface area contributed by atoms with Crippen LogP contribution in [0.3, 0.4) is 0 Å². The Kier molecular flexibility index (Phi) is 3.55. The van der Waals surface area contributed by atoms with Crippen molar-refractivity contribution in [2.45, 2.75) is 13.5 Å². The number of carbonyl (C=O) groups excluding carboxylic acids is 1. The maximum absolute atomic E-state index is 10.9. The van der Waals surface area contributed by atoms with Crippen LogP contribution < -0.4 is 5.73 Å². The third-order valence-corrected chi connectivity index (χ3v) is 2.93. The van der Waals surface area contributed by atoms with E-state index in [1.54, 1.807) is 11.4 Å². The Labute approximate surface area is 102 Å². The lowest BCUT2D eigenvalue weighted by Gasteiger charge is -1.95. The molecule has 2 N–H and O–H groups in total. The molecule has 0 aliphatic heterocycles. The van der Waals surface area contributed by atoms with Crippen molar-refractivity contribution in [3.05, 3.63) is 29.0 Å². The number of amides is 1. The van der Waals surface area contributed by atoms with Gasteiger partial charge in [-0.1, -0.05) is 0 Å². The first-order chi connectivity index (χ1) is 8.20. The summed E-state index contributed by atoms with van der Waals surface area (Å²) in [6, 6.07) is 3.63. The van der Waals surface area contributed by atoms with Crippen LogP contribution in [0, 0.1) is 0 Å². The Bertz CT molecular complexity index is 518. The van der Waals surface area contributed by atoms with Gasteiger partial charge in [-0.05, 0) is 19.1 Å². The van der Waals surface area contributed by atoms with E-state index in [9.17, 15) is 4.79 Å². The SMILES string of the molecule is CCOCc1ccc(-c2nc(C(N)=O)cs2)o1. The molecule has 90 valence electrons. The van der Waals surface area contributed by atoms with Crippen molar-refractivity contribution in [1.29, 1.82) is 0 Å². The van der Waals surface area contributed by atoms with Crippen LogP contribution in [0.5, 0.6) is 0 Å². The van der Waals surface area contributed by atoms with Crippen molar-refractivity contribution in [2.75, 3.05) is 6.61 Å². The summed E-state index contributed by atoms with van der Waals surface area (Å²) in [5, 5.41) is 2.25. The zero-order valence-electron chi connectivity index (χ0n) is 9.30. The molecule has 0 aliphatic rings. The number of hydrogen-bond acceptors (Lipinski definition) is 5. The van der Waals surface area contributed by atoms with Gasteiger partial charge in [0, 0.05) is 12.0 Å². The molecule has 0 aliphatic carbocycles. The number of nitrogens with zero attached hydrogens (tertiary/aromatic N) is 1. The molecular formula is C11H12N2O3S. The lowest BCUT2D eigenvalue weighted by molar-refractivity contribution is 0.0996. The number of hydrogen-bond donors (Lipinski definition) is 1. The van der Waals surface area contributed by atoms with E-state index in [2.05, 4.69) is 4.98 Å². The Balaban J connectivity index is 2.15. The summed E-state index contributed by atoms with van der Waals surface area (Å²) in [5.74, 6) is 0.823. The van der Waals surface area contributed by atoms with Crippen molar-refractivity contribution in [1.82, 2.24) is 4.98 Å². The summed E-state index contributed by atoms with van der Waals surface area (Å²) in [7, 11) is 0. The number of carbonyl (C=O) groups is 1. The molecule has 0 atom stereocenters. The van der Waals surface area contributed by atoms with Gasteiger partial charge in [0.2, 0.25) is 0 Å². The maximum atomic E-state index is 10.9. The Hall–Kier alpha value is -1.66. The van der Waals surface area contributed by atoms with Gasteiger partial charge >= 0.3 is 0 Å². The van der Waals surface area contributed by atoms with Crippen molar-refractivity contribution in [3.63, 3.8) is 0 Å². The van der Waals surface area contributed by atoms with E-state index in [-0.39, 0.29) is 5.69 Å². The fourth-order valence-electron chi connectivity index (χ4n) is 1.27. The molecule has 17 heavy (non-hydrogen) atoms. The summed E-state index contributed by atoms with van der Waals surface area (Å²) in [6.45, 7) is 2.99. The normalized spacial score (nSPS) is 10.6. The second-order valence-corrected chi connectivity index (χ2v) is 4.16. The van der Waals surface area contributed by atoms with Crippen LogP contribution in [0.25, 0.3) is 10.8 Å². The highest BCUT2D eigenvalue weighted by Crippen LogP contribution is 2.25. The molecule has 2 heterocycles. The Morgan fingerprint density at radius 3 is 3.06 bits per heavy atom. The van der Waals surface area contributed by atoms with E-state index in [1.807, 2.05) is 13.0 Å². The third kappa shape index (κ3) is 2.72. The van der Waals surface area contributed by atoms with Gasteiger partial charge < -0.3 is 14.9 Å². The predicted octanol–water partition coefficient (Wildman–Crippen LogP) is 2.04. The highest BCUT2D eigenvalue weighted by atomic mass is 32.1. The number of furan rings is 1. The number of rotatable bonds is 5. The molecule has 0 aromatic carbocycles. The highest BCUT2D eigenvalue weighted by Gasteiger charge is 2.11. The molecule has 0 bridgehead atoms. The molecule has 0 saturated heterocycles. The smallest absolute Gasteiger partial charge is 0.268 e. The van der Waals surface area contributed by atoms with Gasteiger partial charge in [-0.2, -0.15) is 0 Å². The highest BCUT2D eigenvalue weighted by molar-refractivity contribution is 7.13. The van der Waals surface area contributed by atoms with Crippen LogP contribution in [0.15, 0.2) is 21.9 Å². The van der Waals surface area contributed by atoms with Crippen LogP contribution in [0.1, 0.15) is 23.2 Å². The summed E-state index contributed by atoms with van der Waals surface area (Å²) in [4.78, 5) is 15.0. The van der Waals surface area contributed by atoms with Gasteiger partial charge in [-0.25, -0.2) is 4.98 Å². The lowest BCUT2D eigenvalue weighted by atomic mass is 10.4. The quantitative estimate of drug-likeness (QED) is 0.883. The Morgan fingerprint density at radius 1 is 1.59 bits per heavy atom. The molecule has 0 fully saturated rings. The van der Waals surface area contributed by atoms with Gasteiger partial charge in [-0.15, -0.1) is 11.3 Å². The first kappa shape index (κ1) is 11.8. The molecule has 2 rings (SSSR count). The maximum Gasteiger partial charge on any atom is 0.268 e. The van der Waals surface area contributed by atoms with Crippen molar-refractivity contribution in [2.24, 2.45) is 5.73 Å². The summed E-state index contributed by atoms with van der Waals surface area (Å²) >= 11 is 1.32. The van der Waals surface area contributed by atoms with Gasteiger partial charge in [0.05, 0.1) is 0 Å². The molecule has 2 aromatic rings. The molecule has 0 spiro atoms. The molecule has 0 unspecified atom stereocenters. The second-order valence-electron chi connectivity index (χ2n) is 3.31. The summed E-state index contributed by atoms with van der Waals surface area (Å²) in [5.41, 5.74) is 5.39. The molecule has 2 aromatic heterocycles. The van der Waals surface area contributed by atoms with Gasteiger partial charge in [0.25, 0.3) is 5.91 Å². The number of aromatic nitrogens is 1. The summed E-state index contributed by atoms with van der Waals surface area (Å²) in [6.07, 6.45) is 0. The fraction of sp³-hybridized carbons (Fsp3) is 0.273. The predicted molar refractivity (Wildman–Crippen MR) is 63.7 cm³/mol. The van der Waals surface area contributed by atoms with Crippen molar-refractivity contribution >= 4 is 17.2 Å². The van der Waals surface area contributed by atoms with E-state index in [4.69, 9.17) is 14.9 Å². The second kappa shape index (κ2) is 5.11. The van der Waals surface area contributed by atoms with E-state index >= 15 is 0 Å². The van der Waals surface area contributed by atoms with E-state index in [0.717, 1.165) is 5.76 Å². The summed E-state index contributed by atoms with van der Waals surface area (Å²) < 4.78 is 10.8. The lowest BCUT2D eigenvalue weighted by Crippen LogP contribution is -2.10. The van der Waals surface area contributed by atoms with E-state index < -0.39 is 5.91 Å². The van der Waals surface area contributed by atoms with Crippen LogP contribution >= 0.6 is 11.3 Å². The molecule has 6 heteroatoms. The standard InChI is InChI=1S/C11H12N2O3S/c1-2-15-5-7-3-4-9(16-7)11-13-8(6-17-11)10(12)14/h3-4,6H,2,5H2,1H3,(H2,12,14). The van der Waals surface area contributed by atoms with Crippen LogP contribution in [-0.4, -0.2) is 17.5 Å². The average Bonchev–Trinajstić information content (AvgIpc) is 2.94. The van der Waals surface area contributed by atoms with Gasteiger partial charge in [0.15, 0.2) is 10.8 Å². The molecule has 5 nitrogen and oxygen atoms in total. The van der Waals surface area contributed by atoms with Crippen molar-refractivity contribution in [3.8, 4) is 10.8 Å². The number of nitrogens with two attached hydrogens (primary N) is 1. The number of ether oxygens (including phenoxy) is 1. The zero-order chi connectivity index (χ0) is 12.3. The average molecular weight is 252 g/mol. The molecule has 1 amide bonds. The zero-order valence-corrected chi connectivity index (χ0v) is 10.1. The van der Waals surface area contributed by atoms with Crippen LogP contribution in [0.4, 0.5) is 0 Å². The first-order valence-electron chi connectivity index (χ1n) is 5.13. The number of thiazole rings is 1. The van der Waals surface area contributed by atoms with Crippen LogP contribution in [-0.2, 0) is 11.3 Å². The molecular weight excluding hydrogens is 240 g/mol. The monoisotopic (exact) mass is 252 g/mol.